The summed E-state index contributed by atoms with van der Waals surface area (Å²) in [6.07, 6.45) is 11.3. The van der Waals surface area contributed by atoms with Crippen LogP contribution >= 0.6 is 0 Å². The van der Waals surface area contributed by atoms with E-state index in [1.54, 1.807) is 31.5 Å². The van der Waals surface area contributed by atoms with Crippen LogP contribution in [-0.4, -0.2) is 64.2 Å². The van der Waals surface area contributed by atoms with Gasteiger partial charge in [0.2, 0.25) is 5.91 Å². The molecule has 0 spiro atoms. The van der Waals surface area contributed by atoms with Crippen molar-refractivity contribution in [3.63, 3.8) is 0 Å². The van der Waals surface area contributed by atoms with Crippen molar-refractivity contribution in [2.45, 2.75) is 69.6 Å². The van der Waals surface area contributed by atoms with E-state index >= 15 is 0 Å². The number of hydrogen-bond acceptors (Lipinski definition) is 7. The molecule has 2 aliphatic heterocycles. The minimum Gasteiger partial charge on any atom is -0.379 e. The summed E-state index contributed by atoms with van der Waals surface area (Å²) in [6, 6.07) is 3.93. The lowest BCUT2D eigenvalue weighted by molar-refractivity contribution is -0.120. The van der Waals surface area contributed by atoms with Gasteiger partial charge in [-0.25, -0.2) is 0 Å². The number of nitrogens with zero attached hydrogens (tertiary/aromatic N) is 4. The number of pyridine rings is 1. The third-order valence-corrected chi connectivity index (χ3v) is 6.32. The molecule has 1 atom stereocenters. The van der Waals surface area contributed by atoms with E-state index in [1.165, 1.54) is 0 Å². The summed E-state index contributed by atoms with van der Waals surface area (Å²) in [7, 11) is 0. The number of hydrogen-bond donors (Lipinski definition) is 4. The molecule has 33 heavy (non-hydrogen) atoms. The van der Waals surface area contributed by atoms with Crippen molar-refractivity contribution in [2.24, 2.45) is 9.98 Å². The molecule has 0 bridgehead atoms. The number of amidine groups is 2. The number of aromatic nitrogens is 1. The highest BCUT2D eigenvalue weighted by Crippen LogP contribution is 2.26. The largest absolute Gasteiger partial charge is 0.379 e. The van der Waals surface area contributed by atoms with Gasteiger partial charge in [-0.3, -0.25) is 35.0 Å². The molecule has 3 heterocycles. The smallest absolute Gasteiger partial charge is 0.251 e. The number of fused-ring (bicyclic) bond motifs is 1. The summed E-state index contributed by atoms with van der Waals surface area (Å²) in [5.74, 6) is 1.39. The number of rotatable bonds is 6. The Kier molecular flexibility index (Phi) is 5.97. The Hall–Kier alpha value is -3.43. The minimum absolute atomic E-state index is 0.0226. The van der Waals surface area contributed by atoms with Crippen LogP contribution in [0.4, 0.5) is 5.69 Å². The molecule has 0 saturated heterocycles. The lowest BCUT2D eigenvalue weighted by atomic mass is 9.91. The van der Waals surface area contributed by atoms with Gasteiger partial charge in [-0.05, 0) is 50.7 Å². The second kappa shape index (κ2) is 9.21. The fraction of sp³-hybridized carbons (Fsp3) is 0.522. The van der Waals surface area contributed by atoms with Crippen LogP contribution in [0.1, 0.15) is 45.4 Å². The average Bonchev–Trinajstić information content (AvgIpc) is 3.51. The van der Waals surface area contributed by atoms with Crippen molar-refractivity contribution >= 4 is 29.2 Å². The van der Waals surface area contributed by atoms with Gasteiger partial charge in [0.1, 0.15) is 5.84 Å². The van der Waals surface area contributed by atoms with Crippen LogP contribution in [0.5, 0.6) is 0 Å². The zero-order valence-corrected chi connectivity index (χ0v) is 18.8. The topological polar surface area (TPSA) is 123 Å². The number of hydrazine groups is 1. The molecular weight excluding hydrogens is 420 g/mol. The van der Waals surface area contributed by atoms with E-state index in [4.69, 9.17) is 4.99 Å². The van der Waals surface area contributed by atoms with Crippen LogP contribution in [0.3, 0.4) is 0 Å². The number of aliphatic imine (C=N–C) groups is 2. The molecule has 1 aromatic rings. The third-order valence-electron chi connectivity index (χ3n) is 6.32. The Balaban J connectivity index is 1.30. The molecule has 10 heteroatoms. The summed E-state index contributed by atoms with van der Waals surface area (Å²) < 4.78 is 0. The van der Waals surface area contributed by atoms with E-state index in [0.29, 0.717) is 18.3 Å². The van der Waals surface area contributed by atoms with Crippen molar-refractivity contribution in [1.29, 1.82) is 0 Å². The van der Waals surface area contributed by atoms with Crippen molar-refractivity contribution in [1.82, 2.24) is 26.1 Å². The molecule has 4 aliphatic rings. The van der Waals surface area contributed by atoms with E-state index in [0.717, 1.165) is 55.9 Å². The molecule has 0 radical (unpaired) electrons. The first-order valence-corrected chi connectivity index (χ1v) is 11.7. The first-order valence-electron chi connectivity index (χ1n) is 11.7. The first-order chi connectivity index (χ1) is 16.0. The van der Waals surface area contributed by atoms with Gasteiger partial charge in [-0.1, -0.05) is 0 Å². The third kappa shape index (κ3) is 5.15. The summed E-state index contributed by atoms with van der Waals surface area (Å²) in [5, 5.41) is 11.4. The van der Waals surface area contributed by atoms with Crippen LogP contribution in [0, 0.1) is 0 Å². The molecule has 1 aromatic heterocycles. The highest BCUT2D eigenvalue weighted by Gasteiger charge is 2.39. The predicted octanol–water partition coefficient (Wildman–Crippen LogP) is 1.10. The number of amides is 2. The second-order valence-electron chi connectivity index (χ2n) is 9.08. The Morgan fingerprint density at radius 3 is 2.52 bits per heavy atom. The Morgan fingerprint density at radius 1 is 1.09 bits per heavy atom. The van der Waals surface area contributed by atoms with Crippen LogP contribution in [0.15, 0.2) is 46.3 Å². The number of carbonyl (C=O) groups is 2. The standard InChI is InChI=1S/C23H30N8O2/c1-14(32)26-15-2-6-17(7-3-15)28-21-12-19(27-16-4-5-16)22-25-13-20(31(22)30-21)23(33)29-18-8-10-24-11-9-18/h8-12,15-17,20,27H,2-7,13H2,1H3,(H,26,32)(H,28,30)(H,24,29,33). The zero-order chi connectivity index (χ0) is 22.8. The molecule has 4 N–H and O–H groups in total. The summed E-state index contributed by atoms with van der Waals surface area (Å²) >= 11 is 0. The van der Waals surface area contributed by atoms with Gasteiger partial charge in [0.15, 0.2) is 11.9 Å². The molecule has 0 aromatic carbocycles. The SMILES string of the molecule is CC(=O)NC1CCC(N=C2C=C(NC3CC3)C3=NCC(C(=O)Nc4ccncc4)N3N2)CC1. The second-order valence-corrected chi connectivity index (χ2v) is 9.08. The van der Waals surface area contributed by atoms with Crippen molar-refractivity contribution in [2.75, 3.05) is 11.9 Å². The highest BCUT2D eigenvalue weighted by molar-refractivity contribution is 6.12. The van der Waals surface area contributed by atoms with E-state index < -0.39 is 6.04 Å². The number of nitrogens with one attached hydrogen (secondary N) is 4. The van der Waals surface area contributed by atoms with Gasteiger partial charge < -0.3 is 16.0 Å². The molecule has 2 saturated carbocycles. The van der Waals surface area contributed by atoms with Crippen molar-refractivity contribution in [3.8, 4) is 0 Å². The first kappa shape index (κ1) is 21.4. The lowest BCUT2D eigenvalue weighted by Gasteiger charge is -2.34. The Labute approximate surface area is 193 Å². The van der Waals surface area contributed by atoms with Crippen molar-refractivity contribution < 1.29 is 9.59 Å². The molecule has 5 rings (SSSR count). The summed E-state index contributed by atoms with van der Waals surface area (Å²) in [4.78, 5) is 38.0. The van der Waals surface area contributed by atoms with Crippen molar-refractivity contribution in [3.05, 3.63) is 36.3 Å². The van der Waals surface area contributed by atoms with Gasteiger partial charge >= 0.3 is 0 Å². The van der Waals surface area contributed by atoms with E-state index in [9.17, 15) is 9.59 Å². The normalized spacial score (nSPS) is 27.7. The Bertz CT molecular complexity index is 993. The fourth-order valence-electron chi connectivity index (χ4n) is 4.50. The number of anilines is 1. The lowest BCUT2D eigenvalue weighted by Crippen LogP contribution is -2.57. The van der Waals surface area contributed by atoms with E-state index in [-0.39, 0.29) is 23.9 Å². The molecule has 2 aliphatic carbocycles. The monoisotopic (exact) mass is 450 g/mol. The van der Waals surface area contributed by atoms with E-state index in [1.807, 2.05) is 11.1 Å². The molecule has 2 amide bonds. The van der Waals surface area contributed by atoms with Gasteiger partial charge in [0.25, 0.3) is 5.91 Å². The van der Waals surface area contributed by atoms with Crippen LogP contribution < -0.4 is 21.4 Å². The van der Waals surface area contributed by atoms with Crippen LogP contribution in [-0.2, 0) is 9.59 Å². The Morgan fingerprint density at radius 2 is 1.82 bits per heavy atom. The zero-order valence-electron chi connectivity index (χ0n) is 18.8. The van der Waals surface area contributed by atoms with Gasteiger partial charge in [0.05, 0.1) is 18.3 Å². The average molecular weight is 451 g/mol. The van der Waals surface area contributed by atoms with Gasteiger partial charge in [0, 0.05) is 43.2 Å². The molecule has 2 fully saturated rings. The highest BCUT2D eigenvalue weighted by atomic mass is 16.2. The fourth-order valence-corrected chi connectivity index (χ4v) is 4.50. The summed E-state index contributed by atoms with van der Waals surface area (Å²) in [6.45, 7) is 1.94. The minimum atomic E-state index is -0.474. The van der Waals surface area contributed by atoms with Crippen LogP contribution in [0.25, 0.3) is 0 Å². The van der Waals surface area contributed by atoms with E-state index in [2.05, 4.69) is 31.4 Å². The maximum atomic E-state index is 13.0. The quantitative estimate of drug-likeness (QED) is 0.515. The molecule has 1 unspecified atom stereocenters. The number of carbonyl (C=O) groups excluding carboxylic acids is 2. The molecule has 174 valence electrons. The maximum absolute atomic E-state index is 13.0. The van der Waals surface area contributed by atoms with Gasteiger partial charge in [-0.15, -0.1) is 0 Å². The van der Waals surface area contributed by atoms with Gasteiger partial charge in [-0.2, -0.15) is 0 Å². The predicted molar refractivity (Wildman–Crippen MR) is 125 cm³/mol. The van der Waals surface area contributed by atoms with Crippen LogP contribution in [0.2, 0.25) is 0 Å². The summed E-state index contributed by atoms with van der Waals surface area (Å²) in [5.41, 5.74) is 4.96. The maximum Gasteiger partial charge on any atom is 0.251 e. The molecule has 10 nitrogen and oxygen atoms in total. The molecular formula is C23H30N8O2.